The van der Waals surface area contributed by atoms with E-state index in [0.29, 0.717) is 23.2 Å². The molecule has 6 heteroatoms. The summed E-state index contributed by atoms with van der Waals surface area (Å²) in [5, 5.41) is 10.3. The third-order valence-electron chi connectivity index (χ3n) is 6.24. The van der Waals surface area contributed by atoms with Gasteiger partial charge in [0, 0.05) is 17.0 Å². The van der Waals surface area contributed by atoms with Crippen molar-refractivity contribution in [3.8, 4) is 11.4 Å². The average Bonchev–Trinajstić information content (AvgIpc) is 3.24. The maximum Gasteiger partial charge on any atom is 0.269 e. The van der Waals surface area contributed by atoms with E-state index in [9.17, 15) is 14.3 Å². The zero-order valence-electron chi connectivity index (χ0n) is 23.1. The summed E-state index contributed by atoms with van der Waals surface area (Å²) in [4.78, 5) is 17.9. The molecule has 1 aliphatic heterocycles. The van der Waals surface area contributed by atoms with Crippen molar-refractivity contribution in [1.82, 2.24) is 9.55 Å². The molecule has 2 aliphatic rings. The Labute approximate surface area is 214 Å². The fourth-order valence-corrected chi connectivity index (χ4v) is 4.76. The summed E-state index contributed by atoms with van der Waals surface area (Å²) in [6, 6.07) is 3.44. The van der Waals surface area contributed by atoms with Crippen molar-refractivity contribution in [1.29, 1.82) is 0 Å². The number of aryl methyl sites for hydroxylation is 3. The minimum Gasteiger partial charge on any atom is -0.481 e. The Hall–Kier alpha value is -3.15. The van der Waals surface area contributed by atoms with Gasteiger partial charge in [-0.15, -0.1) is 0 Å². The van der Waals surface area contributed by atoms with Crippen molar-refractivity contribution in [2.75, 3.05) is 0 Å². The molecule has 2 aromatic heterocycles. The lowest BCUT2D eigenvalue weighted by Crippen LogP contribution is -2.24. The average molecular weight is 497 g/mol. The summed E-state index contributed by atoms with van der Waals surface area (Å²) < 4.78 is 21.3. The largest absolute Gasteiger partial charge is 0.481 e. The second-order valence-corrected chi connectivity index (χ2v) is 8.60. The van der Waals surface area contributed by atoms with Crippen molar-refractivity contribution in [2.24, 2.45) is 0 Å². The normalized spacial score (nSPS) is 12.1. The van der Waals surface area contributed by atoms with Gasteiger partial charge in [0.25, 0.3) is 11.5 Å². The molecule has 1 N–H and O–H groups in total. The van der Waals surface area contributed by atoms with E-state index in [4.69, 9.17) is 9.72 Å². The first-order valence-corrected chi connectivity index (χ1v) is 13.2. The van der Waals surface area contributed by atoms with Gasteiger partial charge in [-0.25, -0.2) is 9.37 Å². The minimum absolute atomic E-state index is 0.0343. The number of hydrogen-bond donors (Lipinski definition) is 1. The first-order valence-electron chi connectivity index (χ1n) is 13.2. The zero-order chi connectivity index (χ0) is 27.2. The Kier molecular flexibility index (Phi) is 10.3. The molecule has 0 spiro atoms. The van der Waals surface area contributed by atoms with Crippen LogP contribution in [0.15, 0.2) is 29.5 Å². The second-order valence-electron chi connectivity index (χ2n) is 8.60. The highest BCUT2D eigenvalue weighted by atomic mass is 19.1. The molecule has 0 unspecified atom stereocenters. The van der Waals surface area contributed by atoms with E-state index in [1.165, 1.54) is 18.1 Å². The van der Waals surface area contributed by atoms with Gasteiger partial charge in [0.05, 0.1) is 29.0 Å². The Morgan fingerprint density at radius 2 is 1.72 bits per heavy atom. The summed E-state index contributed by atoms with van der Waals surface area (Å²) in [5.41, 5.74) is 7.27. The molecule has 3 heterocycles. The van der Waals surface area contributed by atoms with Crippen molar-refractivity contribution >= 4 is 10.9 Å². The highest BCUT2D eigenvalue weighted by Gasteiger charge is 2.30. The molecule has 196 valence electrons. The van der Waals surface area contributed by atoms with Crippen LogP contribution in [0.1, 0.15) is 87.8 Å². The highest BCUT2D eigenvalue weighted by Crippen LogP contribution is 2.41. The molecule has 5 rings (SSSR count). The molecule has 0 radical (unpaired) electrons. The smallest absolute Gasteiger partial charge is 0.269 e. The van der Waals surface area contributed by atoms with E-state index < -0.39 is 5.95 Å². The maximum atomic E-state index is 14.5. The molecular weight excluding hydrogens is 455 g/mol. The summed E-state index contributed by atoms with van der Waals surface area (Å²) in [6.07, 6.45) is 3.97. The number of halogens is 1. The quantitative estimate of drug-likeness (QED) is 0.295. The number of ether oxygens (including phenoxy) is 1. The molecule has 3 aromatic rings. The third kappa shape index (κ3) is 5.32. The number of hydrogen-bond acceptors (Lipinski definition) is 4. The van der Waals surface area contributed by atoms with Crippen molar-refractivity contribution in [3.63, 3.8) is 0 Å². The molecule has 5 nitrogen and oxygen atoms in total. The fourth-order valence-electron chi connectivity index (χ4n) is 4.76. The molecule has 0 amide bonds. The number of aromatic nitrogens is 2. The first kappa shape index (κ1) is 29.1. The van der Waals surface area contributed by atoms with Gasteiger partial charge in [0.15, 0.2) is 0 Å². The Bertz CT molecular complexity index is 1310. The number of pyridine rings is 2. The Morgan fingerprint density at radius 3 is 2.33 bits per heavy atom. The Balaban J connectivity index is 0.000000596. The van der Waals surface area contributed by atoms with E-state index in [1.54, 1.807) is 4.57 Å². The van der Waals surface area contributed by atoms with Gasteiger partial charge in [-0.3, -0.25) is 4.79 Å². The molecule has 0 saturated carbocycles. The van der Waals surface area contributed by atoms with Gasteiger partial charge in [-0.05, 0) is 68.0 Å². The van der Waals surface area contributed by atoms with E-state index in [2.05, 4.69) is 20.4 Å². The number of fused-ring (bicyclic) bond motifs is 4. The summed E-state index contributed by atoms with van der Waals surface area (Å²) in [7, 11) is 0. The molecule has 1 aromatic carbocycles. The molecule has 0 saturated heterocycles. The lowest BCUT2D eigenvalue weighted by atomic mass is 9.85. The van der Waals surface area contributed by atoms with Gasteiger partial charge in [-0.1, -0.05) is 48.0 Å². The first-order chi connectivity index (χ1) is 17.3. The van der Waals surface area contributed by atoms with Crippen LogP contribution in [0.25, 0.3) is 22.3 Å². The highest BCUT2D eigenvalue weighted by molar-refractivity contribution is 5.92. The summed E-state index contributed by atoms with van der Waals surface area (Å²) in [5.74, 6) is -0.643. The van der Waals surface area contributed by atoms with Gasteiger partial charge >= 0.3 is 0 Å². The zero-order valence-corrected chi connectivity index (χ0v) is 23.1. The minimum atomic E-state index is -0.417. The molecule has 1 aliphatic carbocycles. The number of rotatable bonds is 3. The van der Waals surface area contributed by atoms with Gasteiger partial charge in [0.2, 0.25) is 0 Å². The fraction of sp³-hybridized carbons (Fsp3) is 0.467. The maximum absolute atomic E-state index is 14.5. The van der Waals surface area contributed by atoms with E-state index in [-0.39, 0.29) is 18.0 Å². The van der Waals surface area contributed by atoms with Crippen LogP contribution in [0.3, 0.4) is 0 Å². The number of aliphatic hydroxyl groups is 1. The van der Waals surface area contributed by atoms with E-state index >= 15 is 0 Å². The lowest BCUT2D eigenvalue weighted by Gasteiger charge is -2.21. The Morgan fingerprint density at radius 1 is 1.11 bits per heavy atom. The van der Waals surface area contributed by atoms with Crippen LogP contribution in [0.4, 0.5) is 4.39 Å². The summed E-state index contributed by atoms with van der Waals surface area (Å²) in [6.45, 7) is 19.6. The van der Waals surface area contributed by atoms with Crippen LogP contribution in [0, 0.1) is 19.7 Å². The lowest BCUT2D eigenvalue weighted by molar-refractivity contribution is 0.0838. The molecule has 0 bridgehead atoms. The SMILES string of the molecule is C=C(O)OCc1c(C)cc2n(c1=O)Cc1c-2nc2cc(F)c(C)c3c2c1CCC3.CC.CC.CCC. The van der Waals surface area contributed by atoms with Crippen molar-refractivity contribution in [3.05, 3.63) is 74.2 Å². The van der Waals surface area contributed by atoms with Crippen LogP contribution in [0.5, 0.6) is 0 Å². The van der Waals surface area contributed by atoms with Crippen LogP contribution in [-0.2, 0) is 30.7 Å². The number of benzene rings is 1. The monoisotopic (exact) mass is 496 g/mol. The van der Waals surface area contributed by atoms with Crippen molar-refractivity contribution in [2.45, 2.75) is 94.2 Å². The molecule has 0 fully saturated rings. The predicted octanol–water partition coefficient (Wildman–Crippen LogP) is 7.68. The van der Waals surface area contributed by atoms with Crippen LogP contribution < -0.4 is 5.56 Å². The van der Waals surface area contributed by atoms with Crippen molar-refractivity contribution < 1.29 is 14.2 Å². The second kappa shape index (κ2) is 12.7. The van der Waals surface area contributed by atoms with Gasteiger partial charge in [-0.2, -0.15) is 0 Å². The molecule has 0 atom stereocenters. The number of aliphatic hydroxyl groups excluding tert-OH is 1. The molecular formula is C30H41FN2O3. The van der Waals surface area contributed by atoms with Crippen LogP contribution in [0.2, 0.25) is 0 Å². The summed E-state index contributed by atoms with van der Waals surface area (Å²) >= 11 is 0. The van der Waals surface area contributed by atoms with Gasteiger partial charge < -0.3 is 14.4 Å². The standard InChI is InChI=1S/C23H21FN2O3.C3H8.2C2H6/c1-11-7-20-22-16(9-26(20)23(28)17(11)10-29-13(3)27)15-6-4-5-14-12(2)18(24)8-19(25-22)21(14)15;1-3-2;2*1-2/h7-8,27H,3-6,9-10H2,1-2H3;3H2,1-2H3;2*1-2H3. The van der Waals surface area contributed by atoms with E-state index in [0.717, 1.165) is 52.7 Å². The topological polar surface area (TPSA) is 64.3 Å². The van der Waals surface area contributed by atoms with Gasteiger partial charge in [0.1, 0.15) is 12.4 Å². The van der Waals surface area contributed by atoms with E-state index in [1.807, 2.05) is 47.6 Å². The number of nitrogens with zero attached hydrogens (tertiary/aromatic N) is 2. The predicted molar refractivity (Wildman–Crippen MR) is 147 cm³/mol. The molecule has 36 heavy (non-hydrogen) atoms. The van der Waals surface area contributed by atoms with Crippen LogP contribution in [-0.4, -0.2) is 14.7 Å². The third-order valence-corrected chi connectivity index (χ3v) is 6.24. The van der Waals surface area contributed by atoms with Crippen LogP contribution >= 0.6 is 0 Å².